The molecule has 1 aliphatic carbocycles. The number of halogens is 1. The van der Waals surface area contributed by atoms with Gasteiger partial charge in [0.2, 0.25) is 11.8 Å². The van der Waals surface area contributed by atoms with E-state index < -0.39 is 23.7 Å². The molecule has 1 aliphatic rings. The van der Waals surface area contributed by atoms with E-state index in [0.29, 0.717) is 11.3 Å². The van der Waals surface area contributed by atoms with Crippen LogP contribution in [-0.4, -0.2) is 30.9 Å². The fourth-order valence-corrected chi connectivity index (χ4v) is 5.28. The van der Waals surface area contributed by atoms with Gasteiger partial charge in [-0.2, -0.15) is 0 Å². The molecule has 4 rings (SSSR count). The molecule has 0 radical (unpaired) electrons. The highest BCUT2D eigenvalue weighted by Gasteiger charge is 2.35. The summed E-state index contributed by atoms with van der Waals surface area (Å²) in [6, 6.07) is 14.7. The molecule has 6 nitrogen and oxygen atoms in total. The number of hydrogen-bond donors (Lipinski definition) is 1. The predicted molar refractivity (Wildman–Crippen MR) is 137 cm³/mol. The molecule has 8 heteroatoms. The van der Waals surface area contributed by atoms with Gasteiger partial charge in [0.25, 0.3) is 0 Å². The van der Waals surface area contributed by atoms with Crippen molar-refractivity contribution in [1.82, 2.24) is 5.32 Å². The average molecular weight is 509 g/mol. The molecule has 2 amide bonds. The van der Waals surface area contributed by atoms with Gasteiger partial charge in [-0.15, -0.1) is 11.3 Å². The maximum absolute atomic E-state index is 15.1. The van der Waals surface area contributed by atoms with Crippen LogP contribution in [0.5, 0.6) is 0 Å². The number of rotatable bonds is 8. The standard InChI is InChI=1S/C28H29FN2O4S/c1-35-28(34)19-13-15-21(16-14-19)31(25(32)18-22-10-7-17-36-22)26(23-11-5-6-12-24(23)29)27(33)30-20-8-3-2-4-9-20/h5-7,10-17,20,26H,2-4,8-9,18H2,1H3,(H,30,33). The molecule has 0 aliphatic heterocycles. The molecule has 1 aromatic heterocycles. The second kappa shape index (κ2) is 11.9. The smallest absolute Gasteiger partial charge is 0.337 e. The lowest BCUT2D eigenvalue weighted by Gasteiger charge is -2.33. The predicted octanol–water partition coefficient (Wildman–Crippen LogP) is 5.44. The van der Waals surface area contributed by atoms with Crippen LogP contribution in [0.3, 0.4) is 0 Å². The molecule has 0 bridgehead atoms. The Bertz CT molecular complexity index is 1190. The third-order valence-electron chi connectivity index (χ3n) is 6.40. The normalized spacial score (nSPS) is 14.6. The van der Waals surface area contributed by atoms with Crippen molar-refractivity contribution in [2.45, 2.75) is 50.6 Å². The van der Waals surface area contributed by atoms with Crippen molar-refractivity contribution in [2.75, 3.05) is 12.0 Å². The van der Waals surface area contributed by atoms with E-state index in [4.69, 9.17) is 4.74 Å². The molecule has 1 unspecified atom stereocenters. The lowest BCUT2D eigenvalue weighted by molar-refractivity contribution is -0.127. The Hall–Kier alpha value is -3.52. The van der Waals surface area contributed by atoms with E-state index in [1.807, 2.05) is 17.5 Å². The summed E-state index contributed by atoms with van der Waals surface area (Å²) >= 11 is 1.44. The van der Waals surface area contributed by atoms with Crippen LogP contribution in [0.25, 0.3) is 0 Å². The highest BCUT2D eigenvalue weighted by molar-refractivity contribution is 7.10. The summed E-state index contributed by atoms with van der Waals surface area (Å²) in [7, 11) is 1.29. The Morgan fingerprint density at radius 3 is 2.39 bits per heavy atom. The summed E-state index contributed by atoms with van der Waals surface area (Å²) in [6.07, 6.45) is 4.93. The second-order valence-electron chi connectivity index (χ2n) is 8.83. The van der Waals surface area contributed by atoms with Crippen LogP contribution in [0, 0.1) is 5.82 Å². The quantitative estimate of drug-likeness (QED) is 0.411. The Balaban J connectivity index is 1.77. The molecule has 1 saturated carbocycles. The first-order chi connectivity index (χ1) is 17.5. The monoisotopic (exact) mass is 508 g/mol. The van der Waals surface area contributed by atoms with Gasteiger partial charge in [0.1, 0.15) is 11.9 Å². The first kappa shape index (κ1) is 25.6. The lowest BCUT2D eigenvalue weighted by atomic mass is 9.94. The number of carbonyl (C=O) groups is 3. The van der Waals surface area contributed by atoms with Crippen molar-refractivity contribution >= 4 is 34.8 Å². The fourth-order valence-electron chi connectivity index (χ4n) is 4.58. The molecule has 0 spiro atoms. The van der Waals surface area contributed by atoms with E-state index in [1.54, 1.807) is 24.3 Å². The molecule has 1 heterocycles. The first-order valence-electron chi connectivity index (χ1n) is 12.1. The Kier molecular flexibility index (Phi) is 8.48. The maximum atomic E-state index is 15.1. The number of esters is 1. The Morgan fingerprint density at radius 1 is 1.03 bits per heavy atom. The van der Waals surface area contributed by atoms with E-state index in [-0.39, 0.29) is 23.9 Å². The van der Waals surface area contributed by atoms with Crippen LogP contribution in [0.15, 0.2) is 66.0 Å². The minimum absolute atomic E-state index is 0.0172. The summed E-state index contributed by atoms with van der Waals surface area (Å²) in [5.74, 6) is -1.86. The maximum Gasteiger partial charge on any atom is 0.337 e. The molecule has 0 saturated heterocycles. The van der Waals surface area contributed by atoms with Crippen LogP contribution in [0.1, 0.15) is 58.9 Å². The van der Waals surface area contributed by atoms with Gasteiger partial charge in [0.05, 0.1) is 19.1 Å². The van der Waals surface area contributed by atoms with E-state index >= 15 is 4.39 Å². The summed E-state index contributed by atoms with van der Waals surface area (Å²) in [5.41, 5.74) is 0.805. The molecule has 1 fully saturated rings. The topological polar surface area (TPSA) is 75.7 Å². The van der Waals surface area contributed by atoms with Crippen molar-refractivity contribution in [2.24, 2.45) is 0 Å². The van der Waals surface area contributed by atoms with Gasteiger partial charge >= 0.3 is 5.97 Å². The minimum Gasteiger partial charge on any atom is -0.465 e. The number of methoxy groups -OCH3 is 1. The van der Waals surface area contributed by atoms with Crippen molar-refractivity contribution in [1.29, 1.82) is 0 Å². The molecule has 2 aromatic carbocycles. The molecular weight excluding hydrogens is 479 g/mol. The van der Waals surface area contributed by atoms with Crippen LogP contribution in [0.2, 0.25) is 0 Å². The second-order valence-corrected chi connectivity index (χ2v) is 9.86. The summed E-state index contributed by atoms with van der Waals surface area (Å²) < 4.78 is 19.9. The Labute approximate surface area is 214 Å². The molecule has 1 N–H and O–H groups in total. The van der Waals surface area contributed by atoms with Gasteiger partial charge in [-0.1, -0.05) is 43.5 Å². The zero-order valence-electron chi connectivity index (χ0n) is 20.1. The number of ether oxygens (including phenoxy) is 1. The van der Waals surface area contributed by atoms with E-state index in [0.717, 1.165) is 37.0 Å². The summed E-state index contributed by atoms with van der Waals surface area (Å²) in [6.45, 7) is 0. The van der Waals surface area contributed by atoms with Gasteiger partial charge in [-0.25, -0.2) is 9.18 Å². The molecule has 188 valence electrons. The van der Waals surface area contributed by atoms with E-state index in [9.17, 15) is 14.4 Å². The summed E-state index contributed by atoms with van der Waals surface area (Å²) in [5, 5.41) is 4.95. The van der Waals surface area contributed by atoms with Gasteiger partial charge in [-0.05, 0) is 54.6 Å². The molecule has 36 heavy (non-hydrogen) atoms. The highest BCUT2D eigenvalue weighted by atomic mass is 32.1. The van der Waals surface area contributed by atoms with Crippen molar-refractivity contribution in [3.05, 3.63) is 87.9 Å². The van der Waals surface area contributed by atoms with Gasteiger partial charge in [-0.3, -0.25) is 14.5 Å². The summed E-state index contributed by atoms with van der Waals surface area (Å²) in [4.78, 5) is 41.6. The Morgan fingerprint density at radius 2 is 1.75 bits per heavy atom. The molecular formula is C28H29FN2O4S. The number of thiophene rings is 1. The number of nitrogens with zero attached hydrogens (tertiary/aromatic N) is 1. The third kappa shape index (κ3) is 5.99. The largest absolute Gasteiger partial charge is 0.465 e. The third-order valence-corrected chi connectivity index (χ3v) is 7.28. The SMILES string of the molecule is COC(=O)c1ccc(N(C(=O)Cc2cccs2)C(C(=O)NC2CCCCC2)c2ccccc2F)cc1. The number of nitrogens with one attached hydrogen (secondary N) is 1. The van der Waals surface area contributed by atoms with Crippen LogP contribution in [-0.2, 0) is 20.7 Å². The number of amides is 2. The minimum atomic E-state index is -1.22. The van der Waals surface area contributed by atoms with Crippen LogP contribution >= 0.6 is 11.3 Å². The van der Waals surface area contributed by atoms with Crippen molar-refractivity contribution in [3.8, 4) is 0 Å². The number of hydrogen-bond acceptors (Lipinski definition) is 5. The lowest BCUT2D eigenvalue weighted by Crippen LogP contribution is -2.48. The van der Waals surface area contributed by atoms with Gasteiger partial charge in [0, 0.05) is 22.2 Å². The highest BCUT2D eigenvalue weighted by Crippen LogP contribution is 2.32. The van der Waals surface area contributed by atoms with Crippen LogP contribution in [0.4, 0.5) is 10.1 Å². The van der Waals surface area contributed by atoms with E-state index in [2.05, 4.69) is 5.32 Å². The molecule has 1 atom stereocenters. The fraction of sp³-hybridized carbons (Fsp3) is 0.321. The van der Waals surface area contributed by atoms with E-state index in [1.165, 1.54) is 47.6 Å². The number of benzene rings is 2. The zero-order valence-corrected chi connectivity index (χ0v) is 20.9. The first-order valence-corrected chi connectivity index (χ1v) is 12.9. The zero-order chi connectivity index (χ0) is 25.5. The van der Waals surface area contributed by atoms with Gasteiger partial charge < -0.3 is 10.1 Å². The van der Waals surface area contributed by atoms with Crippen LogP contribution < -0.4 is 10.2 Å². The van der Waals surface area contributed by atoms with Gasteiger partial charge in [0.15, 0.2) is 0 Å². The molecule has 3 aromatic rings. The average Bonchev–Trinajstić information content (AvgIpc) is 3.41. The number of anilines is 1. The van der Waals surface area contributed by atoms with Crippen molar-refractivity contribution < 1.29 is 23.5 Å². The number of carbonyl (C=O) groups excluding carboxylic acids is 3. The van der Waals surface area contributed by atoms with Crippen molar-refractivity contribution in [3.63, 3.8) is 0 Å².